The maximum atomic E-state index is 5.69. The number of anilines is 1. The van der Waals surface area contributed by atoms with Crippen molar-refractivity contribution in [2.75, 3.05) is 5.73 Å². The number of pyridine rings is 1. The number of nitrogen functional groups attached to an aromatic ring is 1. The van der Waals surface area contributed by atoms with Crippen molar-refractivity contribution < 1.29 is 4.74 Å². The van der Waals surface area contributed by atoms with Crippen molar-refractivity contribution in [3.05, 3.63) is 52.1 Å². The molecule has 2 N–H and O–H groups in total. The van der Waals surface area contributed by atoms with Crippen LogP contribution in [0.3, 0.4) is 0 Å². The van der Waals surface area contributed by atoms with Gasteiger partial charge in [0, 0.05) is 10.5 Å². The molecule has 0 spiro atoms. The molecule has 0 aliphatic rings. The van der Waals surface area contributed by atoms with E-state index in [0.717, 1.165) is 15.6 Å². The fraction of sp³-hybridized carbons (Fsp3) is 0.154. The third-order valence-corrected chi connectivity index (χ3v) is 2.95. The van der Waals surface area contributed by atoms with Gasteiger partial charge in [-0.05, 0) is 30.2 Å². The summed E-state index contributed by atoms with van der Waals surface area (Å²) in [5.74, 6) is 0.597. The van der Waals surface area contributed by atoms with E-state index in [-0.39, 0.29) is 0 Å². The molecule has 0 saturated heterocycles. The molecule has 0 atom stereocenters. The molecule has 0 unspecified atom stereocenters. The van der Waals surface area contributed by atoms with E-state index in [0.29, 0.717) is 18.2 Å². The largest absolute Gasteiger partial charge is 0.473 e. The van der Waals surface area contributed by atoms with E-state index < -0.39 is 0 Å². The van der Waals surface area contributed by atoms with Gasteiger partial charge in [-0.25, -0.2) is 4.98 Å². The maximum Gasteiger partial charge on any atom is 0.213 e. The van der Waals surface area contributed by atoms with Crippen molar-refractivity contribution in [3.8, 4) is 5.88 Å². The van der Waals surface area contributed by atoms with E-state index >= 15 is 0 Å². The lowest BCUT2D eigenvalue weighted by molar-refractivity contribution is 0.294. The summed E-state index contributed by atoms with van der Waals surface area (Å²) in [6.07, 6.45) is 1.62. The maximum absolute atomic E-state index is 5.69. The third kappa shape index (κ3) is 3.20. The molecule has 0 bridgehead atoms. The number of rotatable bonds is 3. The standard InChI is InChI=1S/C13H13BrN2O/c1-9-6-13(16-7-12(9)15)17-8-10-2-4-11(14)5-3-10/h2-7H,8,15H2,1H3. The Morgan fingerprint density at radius 2 is 2.00 bits per heavy atom. The first-order valence-corrected chi connectivity index (χ1v) is 6.04. The smallest absolute Gasteiger partial charge is 0.213 e. The number of benzene rings is 1. The van der Waals surface area contributed by atoms with Crippen LogP contribution in [0, 0.1) is 6.92 Å². The van der Waals surface area contributed by atoms with Crippen LogP contribution in [0.5, 0.6) is 5.88 Å². The van der Waals surface area contributed by atoms with E-state index in [1.54, 1.807) is 6.20 Å². The molecule has 0 aliphatic carbocycles. The molecule has 4 heteroatoms. The van der Waals surface area contributed by atoms with Gasteiger partial charge in [-0.1, -0.05) is 28.1 Å². The Balaban J connectivity index is 2.02. The van der Waals surface area contributed by atoms with Crippen molar-refractivity contribution in [2.24, 2.45) is 0 Å². The summed E-state index contributed by atoms with van der Waals surface area (Å²) in [4.78, 5) is 4.12. The van der Waals surface area contributed by atoms with E-state index in [1.165, 1.54) is 0 Å². The second-order valence-electron chi connectivity index (χ2n) is 3.79. The molecule has 17 heavy (non-hydrogen) atoms. The first kappa shape index (κ1) is 11.9. The number of aryl methyl sites for hydroxylation is 1. The first-order chi connectivity index (χ1) is 8.15. The molecule has 0 fully saturated rings. The SMILES string of the molecule is Cc1cc(OCc2ccc(Br)cc2)ncc1N. The molecule has 88 valence electrons. The molecule has 1 aromatic heterocycles. The van der Waals surface area contributed by atoms with Crippen LogP contribution in [0.2, 0.25) is 0 Å². The molecule has 1 heterocycles. The zero-order valence-corrected chi connectivity index (χ0v) is 11.1. The van der Waals surface area contributed by atoms with Gasteiger partial charge in [-0.15, -0.1) is 0 Å². The fourth-order valence-corrected chi connectivity index (χ4v) is 1.62. The van der Waals surface area contributed by atoms with Crippen molar-refractivity contribution in [1.82, 2.24) is 4.98 Å². The summed E-state index contributed by atoms with van der Waals surface area (Å²) in [7, 11) is 0. The zero-order valence-electron chi connectivity index (χ0n) is 9.48. The van der Waals surface area contributed by atoms with E-state index in [4.69, 9.17) is 10.5 Å². The van der Waals surface area contributed by atoms with Gasteiger partial charge >= 0.3 is 0 Å². The summed E-state index contributed by atoms with van der Waals surface area (Å²) in [6.45, 7) is 2.44. The molecule has 0 aliphatic heterocycles. The second-order valence-corrected chi connectivity index (χ2v) is 4.71. The Hall–Kier alpha value is -1.55. The number of ether oxygens (including phenoxy) is 1. The second kappa shape index (κ2) is 5.19. The molecule has 1 aromatic carbocycles. The molecule has 0 saturated carbocycles. The lowest BCUT2D eigenvalue weighted by Crippen LogP contribution is -1.99. The van der Waals surface area contributed by atoms with Crippen molar-refractivity contribution in [3.63, 3.8) is 0 Å². The highest BCUT2D eigenvalue weighted by Crippen LogP contribution is 2.17. The Morgan fingerprint density at radius 3 is 2.65 bits per heavy atom. The average Bonchev–Trinajstić information content (AvgIpc) is 2.33. The van der Waals surface area contributed by atoms with Crippen LogP contribution in [0.15, 0.2) is 41.0 Å². The van der Waals surface area contributed by atoms with Gasteiger partial charge in [0.15, 0.2) is 0 Å². The van der Waals surface area contributed by atoms with Gasteiger partial charge < -0.3 is 10.5 Å². The van der Waals surface area contributed by atoms with Gasteiger partial charge in [0.05, 0.1) is 11.9 Å². The highest BCUT2D eigenvalue weighted by atomic mass is 79.9. The Morgan fingerprint density at radius 1 is 1.29 bits per heavy atom. The van der Waals surface area contributed by atoms with Crippen LogP contribution in [0.4, 0.5) is 5.69 Å². The lowest BCUT2D eigenvalue weighted by atomic mass is 10.2. The van der Waals surface area contributed by atoms with Crippen LogP contribution >= 0.6 is 15.9 Å². The van der Waals surface area contributed by atoms with Crippen molar-refractivity contribution in [2.45, 2.75) is 13.5 Å². The Kier molecular flexibility index (Phi) is 3.64. The average molecular weight is 293 g/mol. The van der Waals surface area contributed by atoms with Gasteiger partial charge in [0.2, 0.25) is 5.88 Å². The quantitative estimate of drug-likeness (QED) is 0.944. The zero-order chi connectivity index (χ0) is 12.3. The Bertz CT molecular complexity index is 511. The van der Waals surface area contributed by atoms with Crippen LogP contribution in [-0.4, -0.2) is 4.98 Å². The van der Waals surface area contributed by atoms with Crippen LogP contribution < -0.4 is 10.5 Å². The first-order valence-electron chi connectivity index (χ1n) is 5.24. The minimum Gasteiger partial charge on any atom is -0.473 e. The number of aromatic nitrogens is 1. The summed E-state index contributed by atoms with van der Waals surface area (Å²) >= 11 is 3.39. The third-order valence-electron chi connectivity index (χ3n) is 2.43. The summed E-state index contributed by atoms with van der Waals surface area (Å²) in [6, 6.07) is 9.83. The minimum absolute atomic E-state index is 0.504. The minimum atomic E-state index is 0.504. The van der Waals surface area contributed by atoms with Crippen molar-refractivity contribution >= 4 is 21.6 Å². The van der Waals surface area contributed by atoms with Crippen LogP contribution in [0.1, 0.15) is 11.1 Å². The predicted octanol–water partition coefficient (Wildman–Crippen LogP) is 3.31. The highest BCUT2D eigenvalue weighted by molar-refractivity contribution is 9.10. The monoisotopic (exact) mass is 292 g/mol. The van der Waals surface area contributed by atoms with Gasteiger partial charge in [0.1, 0.15) is 6.61 Å². The topological polar surface area (TPSA) is 48.1 Å². The van der Waals surface area contributed by atoms with Gasteiger partial charge in [-0.3, -0.25) is 0 Å². The molecule has 0 radical (unpaired) electrons. The number of hydrogen-bond acceptors (Lipinski definition) is 3. The van der Waals surface area contributed by atoms with Crippen molar-refractivity contribution in [1.29, 1.82) is 0 Å². The van der Waals surface area contributed by atoms with Gasteiger partial charge in [-0.2, -0.15) is 0 Å². The predicted molar refractivity (Wildman–Crippen MR) is 71.9 cm³/mol. The summed E-state index contributed by atoms with van der Waals surface area (Å²) < 4.78 is 6.64. The number of nitrogens with two attached hydrogens (primary N) is 1. The molecule has 2 rings (SSSR count). The number of halogens is 1. The fourth-order valence-electron chi connectivity index (χ4n) is 1.36. The Labute approximate surface area is 109 Å². The summed E-state index contributed by atoms with van der Waals surface area (Å²) in [5.41, 5.74) is 8.45. The normalized spacial score (nSPS) is 10.2. The van der Waals surface area contributed by atoms with Crippen LogP contribution in [0.25, 0.3) is 0 Å². The van der Waals surface area contributed by atoms with Crippen LogP contribution in [-0.2, 0) is 6.61 Å². The molecule has 2 aromatic rings. The van der Waals surface area contributed by atoms with E-state index in [9.17, 15) is 0 Å². The molecule has 3 nitrogen and oxygen atoms in total. The molecular formula is C13H13BrN2O. The van der Waals surface area contributed by atoms with E-state index in [1.807, 2.05) is 37.3 Å². The number of hydrogen-bond donors (Lipinski definition) is 1. The number of nitrogens with zero attached hydrogens (tertiary/aromatic N) is 1. The summed E-state index contributed by atoms with van der Waals surface area (Å²) in [5, 5.41) is 0. The highest BCUT2D eigenvalue weighted by Gasteiger charge is 2.00. The lowest BCUT2D eigenvalue weighted by Gasteiger charge is -2.07. The van der Waals surface area contributed by atoms with E-state index in [2.05, 4.69) is 20.9 Å². The molecule has 0 amide bonds. The molecular weight excluding hydrogens is 280 g/mol. The van der Waals surface area contributed by atoms with Gasteiger partial charge in [0.25, 0.3) is 0 Å².